The molecule has 0 spiro atoms. The van der Waals surface area contributed by atoms with Gasteiger partial charge in [-0.05, 0) is 31.6 Å². The Hall–Kier alpha value is -1.10. The molecule has 4 fully saturated rings. The summed E-state index contributed by atoms with van der Waals surface area (Å²) in [6.45, 7) is 4.34. The first kappa shape index (κ1) is 11.7. The molecule has 5 heteroatoms. The van der Waals surface area contributed by atoms with Crippen LogP contribution in [0.25, 0.3) is 0 Å². The number of hydrogen-bond acceptors (Lipinski definition) is 3. The number of rotatable bonds is 2. The topological polar surface area (TPSA) is 43.9 Å². The number of piperazine rings is 2. The van der Waals surface area contributed by atoms with Crippen LogP contribution in [0.2, 0.25) is 0 Å². The van der Waals surface area contributed by atoms with Crippen molar-refractivity contribution in [2.75, 3.05) is 32.7 Å². The minimum absolute atomic E-state index is 0.140. The van der Waals surface area contributed by atoms with Crippen molar-refractivity contribution in [2.45, 2.75) is 37.8 Å². The fourth-order valence-corrected chi connectivity index (χ4v) is 3.82. The fourth-order valence-electron chi connectivity index (χ4n) is 3.82. The molecule has 4 rings (SSSR count). The zero-order valence-corrected chi connectivity index (χ0v) is 11.3. The van der Waals surface area contributed by atoms with Gasteiger partial charge in [0.2, 0.25) is 11.8 Å². The van der Waals surface area contributed by atoms with Crippen molar-refractivity contribution in [2.24, 2.45) is 5.92 Å². The van der Waals surface area contributed by atoms with Gasteiger partial charge in [-0.15, -0.1) is 0 Å². The Bertz CT molecular complexity index is 421. The first-order valence-electron chi connectivity index (χ1n) is 7.57. The third kappa shape index (κ3) is 1.86. The Balaban J connectivity index is 1.52. The second-order valence-electron chi connectivity index (χ2n) is 6.44. The van der Waals surface area contributed by atoms with Gasteiger partial charge in [-0.25, -0.2) is 0 Å². The van der Waals surface area contributed by atoms with Crippen LogP contribution in [0, 0.1) is 5.92 Å². The van der Waals surface area contributed by atoms with Crippen LogP contribution in [0.4, 0.5) is 0 Å². The molecule has 2 atom stereocenters. The summed E-state index contributed by atoms with van der Waals surface area (Å²) in [5, 5.41) is 0. The van der Waals surface area contributed by atoms with Gasteiger partial charge in [-0.2, -0.15) is 0 Å². The van der Waals surface area contributed by atoms with E-state index < -0.39 is 0 Å². The number of hydrogen-bond donors (Lipinski definition) is 0. The molecule has 104 valence electrons. The lowest BCUT2D eigenvalue weighted by Crippen LogP contribution is -2.68. The molecular formula is C14H21N3O2. The number of carbonyl (C=O) groups is 2. The molecule has 0 aromatic carbocycles. The molecule has 5 nitrogen and oxygen atoms in total. The maximum atomic E-state index is 12.5. The van der Waals surface area contributed by atoms with E-state index >= 15 is 0 Å². The van der Waals surface area contributed by atoms with E-state index in [-0.39, 0.29) is 23.9 Å². The molecule has 3 saturated heterocycles. The van der Waals surface area contributed by atoms with Crippen LogP contribution in [0.3, 0.4) is 0 Å². The molecule has 0 unspecified atom stereocenters. The average Bonchev–Trinajstić information content (AvgIpc) is 3.08. The van der Waals surface area contributed by atoms with Crippen molar-refractivity contribution in [1.82, 2.24) is 14.7 Å². The number of amides is 2. The third-order valence-electron chi connectivity index (χ3n) is 5.07. The van der Waals surface area contributed by atoms with Gasteiger partial charge < -0.3 is 9.80 Å². The van der Waals surface area contributed by atoms with Crippen LogP contribution in [0.5, 0.6) is 0 Å². The summed E-state index contributed by atoms with van der Waals surface area (Å²) in [4.78, 5) is 31.1. The number of carbonyl (C=O) groups excluding carboxylic acids is 2. The Morgan fingerprint density at radius 3 is 2.42 bits per heavy atom. The van der Waals surface area contributed by atoms with Gasteiger partial charge in [-0.1, -0.05) is 0 Å². The number of fused-ring (bicyclic) bond motifs is 2. The molecule has 0 N–H and O–H groups in total. The van der Waals surface area contributed by atoms with E-state index in [4.69, 9.17) is 0 Å². The van der Waals surface area contributed by atoms with Crippen molar-refractivity contribution in [1.29, 1.82) is 0 Å². The lowest BCUT2D eigenvalue weighted by Gasteiger charge is -2.47. The molecule has 3 heterocycles. The molecule has 2 amide bonds. The minimum Gasteiger partial charge on any atom is -0.329 e. The lowest BCUT2D eigenvalue weighted by atomic mass is 10.0. The van der Waals surface area contributed by atoms with Gasteiger partial charge in [0.1, 0.15) is 12.1 Å². The molecular weight excluding hydrogens is 242 g/mol. The fraction of sp³-hybridized carbons (Fsp3) is 0.857. The Morgan fingerprint density at radius 1 is 0.895 bits per heavy atom. The normalized spacial score (nSPS) is 35.6. The van der Waals surface area contributed by atoms with Gasteiger partial charge in [0.05, 0.1) is 0 Å². The van der Waals surface area contributed by atoms with Crippen LogP contribution >= 0.6 is 0 Å². The molecule has 1 aliphatic carbocycles. The highest BCUT2D eigenvalue weighted by molar-refractivity contribution is 5.97. The second-order valence-corrected chi connectivity index (χ2v) is 6.44. The van der Waals surface area contributed by atoms with Gasteiger partial charge in [0.25, 0.3) is 0 Å². The summed E-state index contributed by atoms with van der Waals surface area (Å²) in [5.74, 6) is 1.25. The van der Waals surface area contributed by atoms with Crippen molar-refractivity contribution in [3.63, 3.8) is 0 Å². The van der Waals surface area contributed by atoms with Crippen LogP contribution in [-0.2, 0) is 9.59 Å². The van der Waals surface area contributed by atoms with E-state index in [0.29, 0.717) is 0 Å². The minimum atomic E-state index is -0.200. The van der Waals surface area contributed by atoms with Gasteiger partial charge in [0, 0.05) is 32.7 Å². The molecule has 0 aromatic rings. The summed E-state index contributed by atoms with van der Waals surface area (Å²) in [5.41, 5.74) is 0. The maximum absolute atomic E-state index is 12.5. The first-order chi connectivity index (χ1) is 9.24. The van der Waals surface area contributed by atoms with Crippen LogP contribution in [0.1, 0.15) is 25.7 Å². The molecule has 4 aliphatic rings. The monoisotopic (exact) mass is 263 g/mol. The zero-order chi connectivity index (χ0) is 13.0. The van der Waals surface area contributed by atoms with E-state index in [1.54, 1.807) is 0 Å². The standard InChI is InChI=1S/C14H21N3O2/c18-13-11-2-1-5-16(11)14(19)12-9-15(6-7-17(12)13)8-10-3-4-10/h10-12H,1-9H2/t11-,12+/m0/s1. The Kier molecular flexibility index (Phi) is 2.59. The predicted molar refractivity (Wildman–Crippen MR) is 69.4 cm³/mol. The molecule has 0 radical (unpaired) electrons. The van der Waals surface area contributed by atoms with Gasteiger partial charge in [0.15, 0.2) is 0 Å². The number of nitrogens with zero attached hydrogens (tertiary/aromatic N) is 3. The molecule has 1 saturated carbocycles. The van der Waals surface area contributed by atoms with E-state index in [0.717, 1.165) is 51.5 Å². The van der Waals surface area contributed by atoms with Crippen LogP contribution in [0.15, 0.2) is 0 Å². The van der Waals surface area contributed by atoms with E-state index in [9.17, 15) is 9.59 Å². The highest BCUT2D eigenvalue weighted by atomic mass is 16.2. The highest BCUT2D eigenvalue weighted by Gasteiger charge is 2.49. The van der Waals surface area contributed by atoms with Crippen LogP contribution in [-0.4, -0.2) is 71.3 Å². The maximum Gasteiger partial charge on any atom is 0.247 e. The predicted octanol–water partition coefficient (Wildman–Crippen LogP) is -0.0862. The zero-order valence-electron chi connectivity index (χ0n) is 11.3. The largest absolute Gasteiger partial charge is 0.329 e. The van der Waals surface area contributed by atoms with E-state index in [1.165, 1.54) is 12.8 Å². The van der Waals surface area contributed by atoms with E-state index in [1.807, 2.05) is 9.80 Å². The second kappa shape index (κ2) is 4.20. The molecule has 0 aromatic heterocycles. The Labute approximate surface area is 113 Å². The Morgan fingerprint density at radius 2 is 1.63 bits per heavy atom. The first-order valence-corrected chi connectivity index (χ1v) is 7.57. The summed E-state index contributed by atoms with van der Waals surface area (Å²) >= 11 is 0. The summed E-state index contributed by atoms with van der Waals surface area (Å²) < 4.78 is 0. The lowest BCUT2D eigenvalue weighted by molar-refractivity contribution is -0.163. The van der Waals surface area contributed by atoms with Crippen LogP contribution < -0.4 is 0 Å². The summed E-state index contributed by atoms with van der Waals surface area (Å²) in [6, 6.07) is -0.340. The molecule has 3 aliphatic heterocycles. The quantitative estimate of drug-likeness (QED) is 0.699. The summed E-state index contributed by atoms with van der Waals surface area (Å²) in [6.07, 6.45) is 4.52. The van der Waals surface area contributed by atoms with Crippen molar-refractivity contribution < 1.29 is 9.59 Å². The van der Waals surface area contributed by atoms with Gasteiger partial charge in [-0.3, -0.25) is 14.5 Å². The van der Waals surface area contributed by atoms with Gasteiger partial charge >= 0.3 is 0 Å². The highest BCUT2D eigenvalue weighted by Crippen LogP contribution is 2.32. The molecule has 19 heavy (non-hydrogen) atoms. The SMILES string of the molecule is O=C1[C@@H]2CCCN2C(=O)[C@H]2CN(CC3CC3)CCN12. The van der Waals surface area contributed by atoms with Crippen molar-refractivity contribution >= 4 is 11.8 Å². The smallest absolute Gasteiger partial charge is 0.247 e. The molecule has 0 bridgehead atoms. The average molecular weight is 263 g/mol. The third-order valence-corrected chi connectivity index (χ3v) is 5.07. The van der Waals surface area contributed by atoms with Crippen molar-refractivity contribution in [3.05, 3.63) is 0 Å². The van der Waals surface area contributed by atoms with Crippen molar-refractivity contribution in [3.8, 4) is 0 Å². The van der Waals surface area contributed by atoms with E-state index in [2.05, 4.69) is 4.90 Å². The summed E-state index contributed by atoms with van der Waals surface area (Å²) in [7, 11) is 0.